The van der Waals surface area contributed by atoms with Gasteiger partial charge in [0.05, 0.1) is 17.6 Å². The molecular weight excluding hydrogens is 292 g/mol. The van der Waals surface area contributed by atoms with E-state index in [1.54, 1.807) is 0 Å². The Hall–Kier alpha value is -1.44. The Balaban J connectivity index is 2.09. The predicted molar refractivity (Wildman–Crippen MR) is 78.6 cm³/mol. The van der Waals surface area contributed by atoms with Crippen molar-refractivity contribution < 1.29 is 17.9 Å². The second-order valence-electron chi connectivity index (χ2n) is 5.02. The van der Waals surface area contributed by atoms with Crippen LogP contribution in [0, 0.1) is 0 Å². The van der Waals surface area contributed by atoms with Crippen molar-refractivity contribution in [2.24, 2.45) is 0 Å². The summed E-state index contributed by atoms with van der Waals surface area (Å²) in [7, 11) is -2.27. The molecule has 1 aromatic carbocycles. The number of nitrogens with one attached hydrogen (secondary N) is 2. The second kappa shape index (κ2) is 7.02. The number of carbonyl (C=O) groups is 1. The number of rotatable bonds is 4. The zero-order valence-corrected chi connectivity index (χ0v) is 12.8. The summed E-state index contributed by atoms with van der Waals surface area (Å²) in [6, 6.07) is 5.70. The van der Waals surface area contributed by atoms with Crippen LogP contribution in [0.3, 0.4) is 0 Å². The van der Waals surface area contributed by atoms with Crippen LogP contribution in [0.25, 0.3) is 0 Å². The zero-order valence-electron chi connectivity index (χ0n) is 12.0. The molecule has 2 N–H and O–H groups in total. The first-order valence-electron chi connectivity index (χ1n) is 6.94. The van der Waals surface area contributed by atoms with Crippen LogP contribution in [0.1, 0.15) is 29.6 Å². The van der Waals surface area contributed by atoms with E-state index in [1.165, 1.54) is 31.4 Å². The first-order chi connectivity index (χ1) is 10.0. The average molecular weight is 312 g/mol. The lowest BCUT2D eigenvalue weighted by molar-refractivity contribution is 0.0600. The molecule has 0 radical (unpaired) electrons. The van der Waals surface area contributed by atoms with Crippen LogP contribution in [0.2, 0.25) is 0 Å². The van der Waals surface area contributed by atoms with Crippen molar-refractivity contribution in [3.63, 3.8) is 0 Å². The minimum atomic E-state index is -3.56. The number of sulfonamides is 1. The maximum Gasteiger partial charge on any atom is 0.337 e. The fourth-order valence-electron chi connectivity index (χ4n) is 2.31. The normalized spacial score (nSPS) is 19.8. The van der Waals surface area contributed by atoms with Gasteiger partial charge in [0.25, 0.3) is 0 Å². The number of hydrogen-bond donors (Lipinski definition) is 2. The lowest BCUT2D eigenvalue weighted by atomic mass is 10.1. The Kier molecular flexibility index (Phi) is 5.33. The highest BCUT2D eigenvalue weighted by Crippen LogP contribution is 2.14. The van der Waals surface area contributed by atoms with Crippen molar-refractivity contribution in [3.05, 3.63) is 29.8 Å². The van der Waals surface area contributed by atoms with Crippen molar-refractivity contribution in [2.75, 3.05) is 20.2 Å². The third-order valence-corrected chi connectivity index (χ3v) is 5.02. The van der Waals surface area contributed by atoms with Crippen LogP contribution < -0.4 is 10.0 Å². The number of esters is 1. The largest absolute Gasteiger partial charge is 0.465 e. The minimum Gasteiger partial charge on any atom is -0.465 e. The Morgan fingerprint density at radius 1 is 1.24 bits per heavy atom. The molecule has 1 aromatic rings. The van der Waals surface area contributed by atoms with Gasteiger partial charge in [0, 0.05) is 6.04 Å². The van der Waals surface area contributed by atoms with Gasteiger partial charge in [0.2, 0.25) is 10.0 Å². The standard InChI is InChI=1S/C14H20N2O4S/c1-20-14(17)11-4-6-13(7-5-11)21(18,19)16-12-3-2-9-15-10-8-12/h4-7,12,15-16H,2-3,8-10H2,1H3. The molecule has 1 atom stereocenters. The predicted octanol–water partition coefficient (Wildman–Crippen LogP) is 0.894. The van der Waals surface area contributed by atoms with Crippen LogP contribution in [0.4, 0.5) is 0 Å². The van der Waals surface area contributed by atoms with Gasteiger partial charge in [-0.2, -0.15) is 0 Å². The summed E-state index contributed by atoms with van der Waals surface area (Å²) in [5.74, 6) is -0.484. The monoisotopic (exact) mass is 312 g/mol. The van der Waals surface area contributed by atoms with Crippen LogP contribution in [0.15, 0.2) is 29.2 Å². The Morgan fingerprint density at radius 2 is 1.95 bits per heavy atom. The van der Waals surface area contributed by atoms with E-state index < -0.39 is 16.0 Å². The second-order valence-corrected chi connectivity index (χ2v) is 6.73. The number of hydrogen-bond acceptors (Lipinski definition) is 5. The molecule has 0 saturated carbocycles. The SMILES string of the molecule is COC(=O)c1ccc(S(=O)(=O)NC2CCCNCC2)cc1. The molecule has 1 aliphatic heterocycles. The summed E-state index contributed by atoms with van der Waals surface area (Å²) >= 11 is 0. The summed E-state index contributed by atoms with van der Waals surface area (Å²) in [6.07, 6.45) is 2.56. The molecule has 0 aliphatic carbocycles. The van der Waals surface area contributed by atoms with E-state index in [-0.39, 0.29) is 10.9 Å². The van der Waals surface area contributed by atoms with Gasteiger partial charge in [-0.05, 0) is 56.6 Å². The van der Waals surface area contributed by atoms with E-state index in [2.05, 4.69) is 14.8 Å². The molecule has 0 amide bonds. The maximum atomic E-state index is 12.3. The Bertz CT molecular complexity index is 575. The van der Waals surface area contributed by atoms with E-state index in [0.29, 0.717) is 5.56 Å². The van der Waals surface area contributed by atoms with E-state index in [0.717, 1.165) is 32.4 Å². The summed E-state index contributed by atoms with van der Waals surface area (Å²) in [6.45, 7) is 1.74. The first kappa shape index (κ1) is 15.9. The summed E-state index contributed by atoms with van der Waals surface area (Å²) in [4.78, 5) is 11.5. The van der Waals surface area contributed by atoms with Gasteiger partial charge in [0.1, 0.15) is 0 Å². The van der Waals surface area contributed by atoms with Crippen LogP contribution in [-0.4, -0.2) is 40.6 Å². The number of ether oxygens (including phenoxy) is 1. The van der Waals surface area contributed by atoms with Gasteiger partial charge in [-0.1, -0.05) is 0 Å². The minimum absolute atomic E-state index is 0.0507. The molecule has 1 heterocycles. The average Bonchev–Trinajstić information content (AvgIpc) is 2.74. The Morgan fingerprint density at radius 3 is 2.62 bits per heavy atom. The van der Waals surface area contributed by atoms with E-state index in [4.69, 9.17) is 0 Å². The molecule has 21 heavy (non-hydrogen) atoms. The molecule has 0 bridgehead atoms. The molecule has 1 fully saturated rings. The van der Waals surface area contributed by atoms with E-state index >= 15 is 0 Å². The summed E-state index contributed by atoms with van der Waals surface area (Å²) in [5, 5.41) is 3.24. The lowest BCUT2D eigenvalue weighted by Crippen LogP contribution is -2.35. The van der Waals surface area contributed by atoms with Crippen molar-refractivity contribution in [2.45, 2.75) is 30.2 Å². The molecule has 0 spiro atoms. The number of benzene rings is 1. The fraction of sp³-hybridized carbons (Fsp3) is 0.500. The van der Waals surface area contributed by atoms with E-state index in [9.17, 15) is 13.2 Å². The molecule has 7 heteroatoms. The number of methoxy groups -OCH3 is 1. The van der Waals surface area contributed by atoms with Gasteiger partial charge < -0.3 is 10.1 Å². The molecular formula is C14H20N2O4S. The van der Waals surface area contributed by atoms with Gasteiger partial charge in [-0.25, -0.2) is 17.9 Å². The Labute approximate surface area is 124 Å². The quantitative estimate of drug-likeness (QED) is 0.807. The van der Waals surface area contributed by atoms with Gasteiger partial charge in [0.15, 0.2) is 0 Å². The molecule has 2 rings (SSSR count). The smallest absolute Gasteiger partial charge is 0.337 e. The van der Waals surface area contributed by atoms with Crippen LogP contribution in [0.5, 0.6) is 0 Å². The molecule has 1 unspecified atom stereocenters. The van der Waals surface area contributed by atoms with Crippen molar-refractivity contribution in [3.8, 4) is 0 Å². The maximum absolute atomic E-state index is 12.3. The molecule has 116 valence electrons. The third-order valence-electron chi connectivity index (χ3n) is 3.48. The van der Waals surface area contributed by atoms with Crippen LogP contribution >= 0.6 is 0 Å². The van der Waals surface area contributed by atoms with Crippen LogP contribution in [-0.2, 0) is 14.8 Å². The molecule has 1 aliphatic rings. The fourth-order valence-corrected chi connectivity index (χ4v) is 3.62. The van der Waals surface area contributed by atoms with Gasteiger partial charge in [-0.15, -0.1) is 0 Å². The topological polar surface area (TPSA) is 84.5 Å². The molecule has 1 saturated heterocycles. The zero-order chi connectivity index (χ0) is 15.3. The lowest BCUT2D eigenvalue weighted by Gasteiger charge is -2.16. The number of carbonyl (C=O) groups excluding carboxylic acids is 1. The summed E-state index contributed by atoms with van der Waals surface area (Å²) < 4.78 is 31.9. The van der Waals surface area contributed by atoms with Gasteiger partial charge >= 0.3 is 5.97 Å². The first-order valence-corrected chi connectivity index (χ1v) is 8.42. The molecule has 6 nitrogen and oxygen atoms in total. The van der Waals surface area contributed by atoms with Gasteiger partial charge in [-0.3, -0.25) is 0 Å². The summed E-state index contributed by atoms with van der Waals surface area (Å²) in [5.41, 5.74) is 0.329. The van der Waals surface area contributed by atoms with Crippen molar-refractivity contribution in [1.82, 2.24) is 10.0 Å². The van der Waals surface area contributed by atoms with Crippen molar-refractivity contribution >= 4 is 16.0 Å². The highest BCUT2D eigenvalue weighted by molar-refractivity contribution is 7.89. The third kappa shape index (κ3) is 4.26. The molecule has 0 aromatic heterocycles. The highest BCUT2D eigenvalue weighted by Gasteiger charge is 2.21. The van der Waals surface area contributed by atoms with Crippen molar-refractivity contribution in [1.29, 1.82) is 0 Å². The highest BCUT2D eigenvalue weighted by atomic mass is 32.2. The van der Waals surface area contributed by atoms with E-state index in [1.807, 2.05) is 0 Å².